The van der Waals surface area contributed by atoms with Gasteiger partial charge < -0.3 is 10.6 Å². The van der Waals surface area contributed by atoms with Gasteiger partial charge in [-0.2, -0.15) is 0 Å². The van der Waals surface area contributed by atoms with Crippen molar-refractivity contribution in [2.75, 3.05) is 0 Å². The predicted octanol–water partition coefficient (Wildman–Crippen LogP) is 0.794. The van der Waals surface area contributed by atoms with E-state index in [1.165, 1.54) is 0 Å². The summed E-state index contributed by atoms with van der Waals surface area (Å²) in [6.45, 7) is 0. The first-order chi connectivity index (χ1) is 5.77. The van der Waals surface area contributed by atoms with Crippen molar-refractivity contribution in [3.8, 4) is 0 Å². The Kier molecular flexibility index (Phi) is 1.82. The number of thiophene rings is 1. The fourth-order valence-corrected chi connectivity index (χ4v) is 2.06. The van der Waals surface area contributed by atoms with Crippen LogP contribution in [0.4, 0.5) is 0 Å². The van der Waals surface area contributed by atoms with Gasteiger partial charge in [-0.15, -0.1) is 11.3 Å². The average molecular weight is 198 g/mol. The summed E-state index contributed by atoms with van der Waals surface area (Å²) in [5, 5.41) is 7.78. The molecule has 0 saturated carbocycles. The van der Waals surface area contributed by atoms with Crippen LogP contribution in [0, 0.1) is 0 Å². The highest BCUT2D eigenvalue weighted by Crippen LogP contribution is 2.21. The molecule has 0 radical (unpaired) electrons. The van der Waals surface area contributed by atoms with E-state index in [-0.39, 0.29) is 11.9 Å². The summed E-state index contributed by atoms with van der Waals surface area (Å²) in [5.41, 5.74) is 0. The molecule has 1 fully saturated rings. The molecular formula is C7H6N2OS2. The van der Waals surface area contributed by atoms with Gasteiger partial charge in [-0.1, -0.05) is 6.07 Å². The van der Waals surface area contributed by atoms with Crippen LogP contribution in [0.1, 0.15) is 10.9 Å². The Labute approximate surface area is 78.8 Å². The lowest BCUT2D eigenvalue weighted by atomic mass is 10.2. The largest absolute Gasteiger partial charge is 0.346 e. The smallest absolute Gasteiger partial charge is 0.254 e. The Bertz CT molecular complexity index is 320. The van der Waals surface area contributed by atoms with Gasteiger partial charge in [-0.25, -0.2) is 0 Å². The van der Waals surface area contributed by atoms with Gasteiger partial charge in [-0.05, 0) is 23.7 Å². The third kappa shape index (κ3) is 1.21. The second-order valence-electron chi connectivity index (χ2n) is 2.41. The molecule has 1 saturated heterocycles. The lowest BCUT2D eigenvalue weighted by molar-refractivity contribution is -0.120. The minimum absolute atomic E-state index is 0.0672. The van der Waals surface area contributed by atoms with Crippen molar-refractivity contribution in [1.82, 2.24) is 10.6 Å². The highest BCUT2D eigenvalue weighted by molar-refractivity contribution is 7.80. The van der Waals surface area contributed by atoms with E-state index in [9.17, 15) is 4.79 Å². The Morgan fingerprint density at radius 1 is 1.58 bits per heavy atom. The van der Waals surface area contributed by atoms with E-state index in [1.54, 1.807) is 11.3 Å². The van der Waals surface area contributed by atoms with Crippen LogP contribution in [0.15, 0.2) is 17.5 Å². The fraction of sp³-hybridized carbons (Fsp3) is 0.143. The zero-order chi connectivity index (χ0) is 8.55. The molecular weight excluding hydrogens is 192 g/mol. The number of carbonyl (C=O) groups excluding carboxylic acids is 1. The molecule has 0 bridgehead atoms. The lowest BCUT2D eigenvalue weighted by Crippen LogP contribution is -2.21. The highest BCUT2D eigenvalue weighted by atomic mass is 32.1. The first kappa shape index (κ1) is 7.70. The van der Waals surface area contributed by atoms with E-state index < -0.39 is 0 Å². The second kappa shape index (κ2) is 2.84. The maximum atomic E-state index is 11.2. The third-order valence-corrected chi connectivity index (χ3v) is 2.76. The summed E-state index contributed by atoms with van der Waals surface area (Å²) >= 11 is 6.35. The number of rotatable bonds is 1. The van der Waals surface area contributed by atoms with E-state index in [4.69, 9.17) is 12.2 Å². The number of amides is 1. The average Bonchev–Trinajstić information content (AvgIpc) is 2.58. The summed E-state index contributed by atoms with van der Waals surface area (Å²) in [4.78, 5) is 12.2. The summed E-state index contributed by atoms with van der Waals surface area (Å²) in [6.07, 6.45) is 0. The molecule has 1 aliphatic rings. The number of hydrogen-bond donors (Lipinski definition) is 2. The predicted molar refractivity (Wildman–Crippen MR) is 50.9 cm³/mol. The van der Waals surface area contributed by atoms with Gasteiger partial charge in [0, 0.05) is 4.88 Å². The monoisotopic (exact) mass is 198 g/mol. The van der Waals surface area contributed by atoms with E-state index in [0.29, 0.717) is 5.11 Å². The molecule has 2 heterocycles. The molecule has 1 aliphatic heterocycles. The first-order valence-electron chi connectivity index (χ1n) is 3.42. The zero-order valence-electron chi connectivity index (χ0n) is 6.03. The number of carbonyl (C=O) groups is 1. The molecule has 0 aliphatic carbocycles. The molecule has 1 amide bonds. The van der Waals surface area contributed by atoms with Crippen LogP contribution in [0.2, 0.25) is 0 Å². The highest BCUT2D eigenvalue weighted by Gasteiger charge is 2.28. The summed E-state index contributed by atoms with van der Waals surface area (Å²) < 4.78 is 0. The Morgan fingerprint density at radius 2 is 2.42 bits per heavy atom. The van der Waals surface area contributed by atoms with Crippen LogP contribution in [0.5, 0.6) is 0 Å². The minimum atomic E-state index is -0.280. The van der Waals surface area contributed by atoms with Gasteiger partial charge in [0.2, 0.25) is 0 Å². The van der Waals surface area contributed by atoms with Gasteiger partial charge in [0.05, 0.1) is 0 Å². The van der Waals surface area contributed by atoms with Crippen LogP contribution < -0.4 is 10.6 Å². The second-order valence-corrected chi connectivity index (χ2v) is 3.80. The van der Waals surface area contributed by atoms with Crippen LogP contribution >= 0.6 is 23.6 Å². The van der Waals surface area contributed by atoms with E-state index in [2.05, 4.69) is 10.6 Å². The Balaban J connectivity index is 2.26. The number of hydrogen-bond acceptors (Lipinski definition) is 3. The first-order valence-corrected chi connectivity index (χ1v) is 4.71. The summed E-state index contributed by atoms with van der Waals surface area (Å²) in [5.74, 6) is -0.0672. The molecule has 0 aromatic carbocycles. The lowest BCUT2D eigenvalue weighted by Gasteiger charge is -2.02. The SMILES string of the molecule is O=C1NC(=S)NC1c1cccs1. The minimum Gasteiger partial charge on any atom is -0.346 e. The van der Waals surface area contributed by atoms with E-state index in [0.717, 1.165) is 4.88 Å². The molecule has 62 valence electrons. The number of thiocarbonyl (C=S) groups is 1. The van der Waals surface area contributed by atoms with Gasteiger partial charge in [0.15, 0.2) is 5.11 Å². The summed E-state index contributed by atoms with van der Waals surface area (Å²) in [6, 6.07) is 3.55. The molecule has 5 heteroatoms. The molecule has 1 aromatic rings. The molecule has 1 unspecified atom stereocenters. The maximum absolute atomic E-state index is 11.2. The van der Waals surface area contributed by atoms with Crippen molar-refractivity contribution in [3.05, 3.63) is 22.4 Å². The normalized spacial score (nSPS) is 22.2. The Hall–Kier alpha value is -0.940. The molecule has 12 heavy (non-hydrogen) atoms. The van der Waals surface area contributed by atoms with Gasteiger partial charge in [-0.3, -0.25) is 4.79 Å². The van der Waals surface area contributed by atoms with Crippen molar-refractivity contribution < 1.29 is 4.79 Å². The van der Waals surface area contributed by atoms with Gasteiger partial charge >= 0.3 is 0 Å². The van der Waals surface area contributed by atoms with Crippen molar-refractivity contribution in [2.24, 2.45) is 0 Å². The molecule has 0 spiro atoms. The van der Waals surface area contributed by atoms with Crippen LogP contribution in [0.3, 0.4) is 0 Å². The zero-order valence-corrected chi connectivity index (χ0v) is 7.67. The van der Waals surface area contributed by atoms with Crippen molar-refractivity contribution in [2.45, 2.75) is 6.04 Å². The van der Waals surface area contributed by atoms with Crippen molar-refractivity contribution in [1.29, 1.82) is 0 Å². The Morgan fingerprint density at radius 3 is 2.92 bits per heavy atom. The standard InChI is InChI=1S/C7H6N2OS2/c10-6-5(8-7(11)9-6)4-2-1-3-12-4/h1-3,5H,(H2,8,9,10,11). The molecule has 2 rings (SSSR count). The van der Waals surface area contributed by atoms with Crippen LogP contribution in [-0.4, -0.2) is 11.0 Å². The third-order valence-electron chi connectivity index (χ3n) is 1.60. The molecule has 3 nitrogen and oxygen atoms in total. The van der Waals surface area contributed by atoms with Gasteiger partial charge in [0.1, 0.15) is 6.04 Å². The topological polar surface area (TPSA) is 41.1 Å². The van der Waals surface area contributed by atoms with Crippen molar-refractivity contribution in [3.63, 3.8) is 0 Å². The maximum Gasteiger partial charge on any atom is 0.254 e. The van der Waals surface area contributed by atoms with Crippen molar-refractivity contribution >= 4 is 34.6 Å². The van der Waals surface area contributed by atoms with Gasteiger partial charge in [0.25, 0.3) is 5.91 Å². The molecule has 1 aromatic heterocycles. The van der Waals surface area contributed by atoms with E-state index >= 15 is 0 Å². The van der Waals surface area contributed by atoms with E-state index in [1.807, 2.05) is 17.5 Å². The van der Waals surface area contributed by atoms with Crippen LogP contribution in [-0.2, 0) is 4.79 Å². The van der Waals surface area contributed by atoms with Crippen LogP contribution in [0.25, 0.3) is 0 Å². The number of nitrogens with one attached hydrogen (secondary N) is 2. The fourth-order valence-electron chi connectivity index (χ4n) is 1.07. The summed E-state index contributed by atoms with van der Waals surface area (Å²) in [7, 11) is 0. The quantitative estimate of drug-likeness (QED) is 0.656. The molecule has 2 N–H and O–H groups in total. The molecule has 1 atom stereocenters.